The average molecular weight is 328 g/mol. The summed E-state index contributed by atoms with van der Waals surface area (Å²) in [7, 11) is 0. The third-order valence-electron chi connectivity index (χ3n) is 4.07. The van der Waals surface area contributed by atoms with E-state index in [4.69, 9.17) is 11.6 Å². The van der Waals surface area contributed by atoms with E-state index >= 15 is 0 Å². The molecule has 2 nitrogen and oxygen atoms in total. The second kappa shape index (κ2) is 7.98. The summed E-state index contributed by atoms with van der Waals surface area (Å²) in [6, 6.07) is 13.9. The number of carbonyl (C=O) groups excluding carboxylic acids is 1. The summed E-state index contributed by atoms with van der Waals surface area (Å²) in [5.41, 5.74) is 4.23. The van der Waals surface area contributed by atoms with Crippen LogP contribution >= 0.6 is 11.6 Å². The summed E-state index contributed by atoms with van der Waals surface area (Å²) in [6.45, 7) is 7.88. The van der Waals surface area contributed by atoms with Gasteiger partial charge in [0.2, 0.25) is 5.91 Å². The Morgan fingerprint density at radius 1 is 1.22 bits per heavy atom. The van der Waals surface area contributed by atoms with Gasteiger partial charge in [-0.2, -0.15) is 0 Å². The van der Waals surface area contributed by atoms with Crippen LogP contribution in [0.2, 0.25) is 5.02 Å². The van der Waals surface area contributed by atoms with Gasteiger partial charge in [0.15, 0.2) is 0 Å². The first-order valence-electron chi connectivity index (χ1n) is 7.92. The summed E-state index contributed by atoms with van der Waals surface area (Å²) in [5.74, 6) is 0.280. The van der Waals surface area contributed by atoms with Gasteiger partial charge >= 0.3 is 0 Å². The molecule has 1 amide bonds. The fourth-order valence-electron chi connectivity index (χ4n) is 2.82. The van der Waals surface area contributed by atoms with E-state index in [1.807, 2.05) is 36.4 Å². The molecule has 0 saturated carbocycles. The minimum atomic E-state index is -0.214. The lowest BCUT2D eigenvalue weighted by Gasteiger charge is -2.18. The molecule has 23 heavy (non-hydrogen) atoms. The van der Waals surface area contributed by atoms with Crippen molar-refractivity contribution >= 4 is 23.2 Å². The van der Waals surface area contributed by atoms with Crippen LogP contribution < -0.4 is 5.32 Å². The number of hydrogen-bond donors (Lipinski definition) is 1. The van der Waals surface area contributed by atoms with E-state index in [9.17, 15) is 4.79 Å². The van der Waals surface area contributed by atoms with Crippen LogP contribution in [-0.4, -0.2) is 5.91 Å². The number of carbonyl (C=O) groups is 1. The predicted octanol–water partition coefficient (Wildman–Crippen LogP) is 6.04. The molecule has 120 valence electrons. The van der Waals surface area contributed by atoms with E-state index < -0.39 is 0 Å². The fraction of sp³-hybridized carbons (Fsp3) is 0.250. The Morgan fingerprint density at radius 3 is 2.61 bits per heavy atom. The maximum Gasteiger partial charge on any atom is 0.247 e. The van der Waals surface area contributed by atoms with Gasteiger partial charge < -0.3 is 5.32 Å². The molecule has 0 bridgehead atoms. The Morgan fingerprint density at radius 2 is 1.96 bits per heavy atom. The average Bonchev–Trinajstić information content (AvgIpc) is 2.57. The van der Waals surface area contributed by atoms with Gasteiger partial charge in [-0.1, -0.05) is 50.2 Å². The first-order valence-corrected chi connectivity index (χ1v) is 8.30. The van der Waals surface area contributed by atoms with Crippen molar-refractivity contribution in [3.05, 3.63) is 65.7 Å². The van der Waals surface area contributed by atoms with E-state index in [1.54, 1.807) is 0 Å². The predicted molar refractivity (Wildman–Crippen MR) is 99.0 cm³/mol. The molecule has 0 radical (unpaired) electrons. The molecule has 0 unspecified atom stereocenters. The van der Waals surface area contributed by atoms with Crippen molar-refractivity contribution in [1.82, 2.24) is 0 Å². The Balaban J connectivity index is 2.48. The summed E-state index contributed by atoms with van der Waals surface area (Å²) in [4.78, 5) is 11.5. The molecule has 0 aliphatic carbocycles. The van der Waals surface area contributed by atoms with Gasteiger partial charge in [-0.3, -0.25) is 4.79 Å². The van der Waals surface area contributed by atoms with E-state index in [-0.39, 0.29) is 5.91 Å². The van der Waals surface area contributed by atoms with E-state index in [0.29, 0.717) is 5.92 Å². The summed E-state index contributed by atoms with van der Waals surface area (Å²) in [5, 5.41) is 3.52. The van der Waals surface area contributed by atoms with Crippen molar-refractivity contribution in [1.29, 1.82) is 0 Å². The lowest BCUT2D eigenvalue weighted by atomic mass is 9.87. The van der Waals surface area contributed by atoms with Crippen molar-refractivity contribution in [2.45, 2.75) is 32.6 Å². The van der Waals surface area contributed by atoms with Crippen molar-refractivity contribution in [3.8, 4) is 11.1 Å². The Kier molecular flexibility index (Phi) is 6.00. The molecular weight excluding hydrogens is 306 g/mol. The SMILES string of the molecule is C=CC(=O)Nc1cccc(-c2cc(Cl)ccc2C(CC)CC)c1. The van der Waals surface area contributed by atoms with Crippen molar-refractivity contribution in [3.63, 3.8) is 0 Å². The highest BCUT2D eigenvalue weighted by Gasteiger charge is 2.14. The minimum Gasteiger partial charge on any atom is -0.323 e. The maximum atomic E-state index is 11.5. The lowest BCUT2D eigenvalue weighted by molar-refractivity contribution is -0.111. The minimum absolute atomic E-state index is 0.214. The molecule has 0 aliphatic heterocycles. The number of anilines is 1. The van der Waals surface area contributed by atoms with Gasteiger partial charge in [0.25, 0.3) is 0 Å². The van der Waals surface area contributed by atoms with Gasteiger partial charge in [0, 0.05) is 10.7 Å². The van der Waals surface area contributed by atoms with Crippen LogP contribution in [0.4, 0.5) is 5.69 Å². The number of benzene rings is 2. The topological polar surface area (TPSA) is 29.1 Å². The van der Waals surface area contributed by atoms with Gasteiger partial charge in [-0.05, 0) is 65.8 Å². The maximum absolute atomic E-state index is 11.5. The first-order chi connectivity index (χ1) is 11.1. The normalized spacial score (nSPS) is 10.6. The molecule has 0 saturated heterocycles. The monoisotopic (exact) mass is 327 g/mol. The molecule has 0 spiro atoms. The second-order valence-electron chi connectivity index (χ2n) is 5.52. The number of nitrogens with one attached hydrogen (secondary N) is 1. The van der Waals surface area contributed by atoms with Crippen LogP contribution in [0.3, 0.4) is 0 Å². The summed E-state index contributed by atoms with van der Waals surface area (Å²) >= 11 is 6.22. The van der Waals surface area contributed by atoms with Crippen molar-refractivity contribution in [2.75, 3.05) is 5.32 Å². The van der Waals surface area contributed by atoms with Gasteiger partial charge in [0.05, 0.1) is 0 Å². The zero-order chi connectivity index (χ0) is 16.8. The number of hydrogen-bond acceptors (Lipinski definition) is 1. The second-order valence-corrected chi connectivity index (χ2v) is 5.96. The number of amides is 1. The van der Waals surface area contributed by atoms with Crippen LogP contribution in [0, 0.1) is 0 Å². The largest absolute Gasteiger partial charge is 0.323 e. The quantitative estimate of drug-likeness (QED) is 0.644. The summed E-state index contributed by atoms with van der Waals surface area (Å²) < 4.78 is 0. The van der Waals surface area contributed by atoms with E-state index in [0.717, 1.165) is 34.7 Å². The molecule has 0 aliphatic rings. The van der Waals surface area contributed by atoms with Crippen LogP contribution in [0.1, 0.15) is 38.2 Å². The van der Waals surface area contributed by atoms with Gasteiger partial charge in [-0.15, -0.1) is 0 Å². The number of rotatable bonds is 6. The summed E-state index contributed by atoms with van der Waals surface area (Å²) in [6.07, 6.45) is 3.43. The first kappa shape index (κ1) is 17.3. The van der Waals surface area contributed by atoms with E-state index in [1.165, 1.54) is 11.6 Å². The van der Waals surface area contributed by atoms with Crippen LogP contribution in [0.5, 0.6) is 0 Å². The van der Waals surface area contributed by atoms with Crippen LogP contribution in [-0.2, 0) is 4.79 Å². The molecule has 0 heterocycles. The van der Waals surface area contributed by atoms with E-state index in [2.05, 4.69) is 31.8 Å². The lowest BCUT2D eigenvalue weighted by Crippen LogP contribution is -2.07. The van der Waals surface area contributed by atoms with Crippen molar-refractivity contribution in [2.24, 2.45) is 0 Å². The Hall–Kier alpha value is -2.06. The van der Waals surface area contributed by atoms with Gasteiger partial charge in [0.1, 0.15) is 0 Å². The molecule has 2 aromatic carbocycles. The fourth-order valence-corrected chi connectivity index (χ4v) is 2.99. The molecule has 1 N–H and O–H groups in total. The Labute approximate surface area is 143 Å². The number of halogens is 1. The smallest absolute Gasteiger partial charge is 0.247 e. The van der Waals surface area contributed by atoms with Gasteiger partial charge in [-0.25, -0.2) is 0 Å². The zero-order valence-corrected chi connectivity index (χ0v) is 14.4. The van der Waals surface area contributed by atoms with Crippen LogP contribution in [0.25, 0.3) is 11.1 Å². The molecule has 3 heteroatoms. The third-order valence-corrected chi connectivity index (χ3v) is 4.30. The van der Waals surface area contributed by atoms with Crippen molar-refractivity contribution < 1.29 is 4.79 Å². The molecule has 0 atom stereocenters. The zero-order valence-electron chi connectivity index (χ0n) is 13.6. The molecule has 2 aromatic rings. The highest BCUT2D eigenvalue weighted by atomic mass is 35.5. The van der Waals surface area contributed by atoms with Crippen LogP contribution in [0.15, 0.2) is 55.1 Å². The molecule has 0 fully saturated rings. The molecular formula is C20H22ClNO. The Bertz CT molecular complexity index is 705. The third kappa shape index (κ3) is 4.23. The standard InChI is InChI=1S/C20H22ClNO/c1-4-14(5-2)18-11-10-16(21)13-19(18)15-8-7-9-17(12-15)22-20(23)6-3/h6-14H,3-5H2,1-2H3,(H,22,23). The molecule has 2 rings (SSSR count). The molecule has 0 aromatic heterocycles. The highest BCUT2D eigenvalue weighted by Crippen LogP contribution is 2.35. The highest BCUT2D eigenvalue weighted by molar-refractivity contribution is 6.30.